The van der Waals surface area contributed by atoms with Crippen LogP contribution in [0, 0.1) is 6.92 Å². The summed E-state index contributed by atoms with van der Waals surface area (Å²) in [5, 5.41) is 1.04. The third-order valence-electron chi connectivity index (χ3n) is 2.94. The number of fused-ring (bicyclic) bond motifs is 1. The quantitative estimate of drug-likeness (QED) is 0.834. The van der Waals surface area contributed by atoms with Crippen LogP contribution >= 0.6 is 11.3 Å². The number of benzene rings is 1. The Labute approximate surface area is 103 Å². The van der Waals surface area contributed by atoms with Crippen molar-refractivity contribution in [3.63, 3.8) is 0 Å². The number of aryl methyl sites for hydroxylation is 1. The van der Waals surface area contributed by atoms with Crippen LogP contribution in [0.5, 0.6) is 0 Å². The van der Waals surface area contributed by atoms with Gasteiger partial charge in [-0.05, 0) is 25.1 Å². The highest BCUT2D eigenvalue weighted by Gasteiger charge is 2.28. The molecule has 1 atom stereocenters. The van der Waals surface area contributed by atoms with Gasteiger partial charge < -0.3 is 10.6 Å². The summed E-state index contributed by atoms with van der Waals surface area (Å²) in [5.41, 5.74) is 7.65. The lowest BCUT2D eigenvalue weighted by atomic mass is 10.2. The molecule has 1 amide bonds. The van der Waals surface area contributed by atoms with Crippen LogP contribution in [0.25, 0.3) is 10.2 Å². The zero-order chi connectivity index (χ0) is 12.0. The molecule has 0 saturated carbocycles. The molecule has 1 aliphatic heterocycles. The van der Waals surface area contributed by atoms with E-state index in [1.165, 1.54) is 0 Å². The molecule has 1 aliphatic rings. The second-order valence-electron chi connectivity index (χ2n) is 4.35. The molecule has 88 valence electrons. The van der Waals surface area contributed by atoms with Crippen molar-refractivity contribution < 1.29 is 4.79 Å². The average Bonchev–Trinajstić information content (AvgIpc) is 2.78. The summed E-state index contributed by atoms with van der Waals surface area (Å²) in [5.74, 6) is 0.101. The van der Waals surface area contributed by atoms with Gasteiger partial charge in [0.1, 0.15) is 0 Å². The molecule has 0 radical (unpaired) electrons. The van der Waals surface area contributed by atoms with Crippen molar-refractivity contribution in [2.75, 3.05) is 11.4 Å². The van der Waals surface area contributed by atoms with Gasteiger partial charge >= 0.3 is 0 Å². The van der Waals surface area contributed by atoms with E-state index in [1.54, 1.807) is 16.2 Å². The van der Waals surface area contributed by atoms with Gasteiger partial charge in [0, 0.05) is 24.7 Å². The molecule has 4 nitrogen and oxygen atoms in total. The molecule has 1 fully saturated rings. The number of anilines is 1. The Morgan fingerprint density at radius 3 is 3.06 bits per heavy atom. The van der Waals surface area contributed by atoms with E-state index >= 15 is 0 Å². The predicted molar refractivity (Wildman–Crippen MR) is 69.3 cm³/mol. The van der Waals surface area contributed by atoms with Gasteiger partial charge in [-0.1, -0.05) is 0 Å². The molecule has 0 bridgehead atoms. The minimum Gasteiger partial charge on any atom is -0.326 e. The predicted octanol–water partition coefficient (Wildman–Crippen LogP) is 1.67. The summed E-state index contributed by atoms with van der Waals surface area (Å²) in [6.07, 6.45) is 0.439. The van der Waals surface area contributed by atoms with Gasteiger partial charge in [0.2, 0.25) is 5.91 Å². The van der Waals surface area contributed by atoms with E-state index in [1.807, 2.05) is 25.1 Å². The van der Waals surface area contributed by atoms with Gasteiger partial charge in [-0.25, -0.2) is 4.98 Å². The van der Waals surface area contributed by atoms with Crippen LogP contribution in [0.2, 0.25) is 0 Å². The van der Waals surface area contributed by atoms with E-state index < -0.39 is 0 Å². The summed E-state index contributed by atoms with van der Waals surface area (Å²) in [6, 6.07) is 5.91. The smallest absolute Gasteiger partial charge is 0.228 e. The zero-order valence-corrected chi connectivity index (χ0v) is 10.3. The van der Waals surface area contributed by atoms with Crippen molar-refractivity contribution in [1.82, 2.24) is 4.98 Å². The molecule has 2 heterocycles. The standard InChI is InChI=1S/C12H13N3OS/c1-7-14-10-5-9(2-3-11(10)17-7)15-6-8(13)4-12(15)16/h2-3,5,8H,4,6,13H2,1H3. The number of carbonyl (C=O) groups excluding carboxylic acids is 1. The van der Waals surface area contributed by atoms with Gasteiger partial charge in [0.15, 0.2) is 0 Å². The van der Waals surface area contributed by atoms with Crippen molar-refractivity contribution in [1.29, 1.82) is 0 Å². The van der Waals surface area contributed by atoms with E-state index in [-0.39, 0.29) is 11.9 Å². The van der Waals surface area contributed by atoms with Crippen LogP contribution < -0.4 is 10.6 Å². The lowest BCUT2D eigenvalue weighted by molar-refractivity contribution is -0.117. The van der Waals surface area contributed by atoms with E-state index in [9.17, 15) is 4.79 Å². The Hall–Kier alpha value is -1.46. The van der Waals surface area contributed by atoms with Gasteiger partial charge in [-0.3, -0.25) is 4.79 Å². The molecular weight excluding hydrogens is 234 g/mol. The van der Waals surface area contributed by atoms with E-state index in [4.69, 9.17) is 5.73 Å². The van der Waals surface area contributed by atoms with Gasteiger partial charge in [0.05, 0.1) is 15.2 Å². The van der Waals surface area contributed by atoms with Crippen molar-refractivity contribution in [3.8, 4) is 0 Å². The minimum atomic E-state index is -0.0460. The lowest BCUT2D eigenvalue weighted by Crippen LogP contribution is -2.27. The SMILES string of the molecule is Cc1nc2cc(N3CC(N)CC3=O)ccc2s1. The molecule has 1 aromatic heterocycles. The topological polar surface area (TPSA) is 59.2 Å². The van der Waals surface area contributed by atoms with Crippen LogP contribution in [0.4, 0.5) is 5.69 Å². The molecule has 5 heteroatoms. The molecule has 2 N–H and O–H groups in total. The van der Waals surface area contributed by atoms with Crippen molar-refractivity contribution >= 4 is 33.1 Å². The van der Waals surface area contributed by atoms with Crippen molar-refractivity contribution in [2.45, 2.75) is 19.4 Å². The fourth-order valence-corrected chi connectivity index (χ4v) is 2.99. The van der Waals surface area contributed by atoms with E-state index in [0.717, 1.165) is 20.9 Å². The van der Waals surface area contributed by atoms with Gasteiger partial charge in [-0.15, -0.1) is 11.3 Å². The molecule has 1 saturated heterocycles. The lowest BCUT2D eigenvalue weighted by Gasteiger charge is -2.15. The number of nitrogens with zero attached hydrogens (tertiary/aromatic N) is 2. The molecule has 1 unspecified atom stereocenters. The van der Waals surface area contributed by atoms with Crippen LogP contribution in [-0.2, 0) is 4.79 Å². The number of carbonyl (C=O) groups is 1. The van der Waals surface area contributed by atoms with Crippen LogP contribution in [-0.4, -0.2) is 23.5 Å². The van der Waals surface area contributed by atoms with Crippen LogP contribution in [0.1, 0.15) is 11.4 Å². The minimum absolute atomic E-state index is 0.0460. The molecular formula is C12H13N3OS. The first-order valence-corrected chi connectivity index (χ1v) is 6.38. The Bertz CT molecular complexity index is 592. The zero-order valence-electron chi connectivity index (χ0n) is 9.51. The van der Waals surface area contributed by atoms with Crippen LogP contribution in [0.15, 0.2) is 18.2 Å². The summed E-state index contributed by atoms with van der Waals surface area (Å²) in [6.45, 7) is 2.59. The number of amides is 1. The summed E-state index contributed by atoms with van der Waals surface area (Å²) in [7, 11) is 0. The van der Waals surface area contributed by atoms with E-state index in [0.29, 0.717) is 13.0 Å². The van der Waals surface area contributed by atoms with E-state index in [2.05, 4.69) is 4.98 Å². The summed E-state index contributed by atoms with van der Waals surface area (Å²) >= 11 is 1.67. The van der Waals surface area contributed by atoms with Crippen molar-refractivity contribution in [2.24, 2.45) is 5.73 Å². The first-order chi connectivity index (χ1) is 8.13. The van der Waals surface area contributed by atoms with Crippen LogP contribution in [0.3, 0.4) is 0 Å². The maximum absolute atomic E-state index is 11.8. The molecule has 0 spiro atoms. The molecule has 3 rings (SSSR count). The van der Waals surface area contributed by atoms with Crippen molar-refractivity contribution in [3.05, 3.63) is 23.2 Å². The van der Waals surface area contributed by atoms with Gasteiger partial charge in [0.25, 0.3) is 0 Å². The number of nitrogens with two attached hydrogens (primary N) is 1. The Morgan fingerprint density at radius 2 is 2.35 bits per heavy atom. The highest BCUT2D eigenvalue weighted by Crippen LogP contribution is 2.28. The first kappa shape index (κ1) is 10.7. The highest BCUT2D eigenvalue weighted by molar-refractivity contribution is 7.18. The fourth-order valence-electron chi connectivity index (χ4n) is 2.18. The second-order valence-corrected chi connectivity index (χ2v) is 5.59. The maximum Gasteiger partial charge on any atom is 0.228 e. The number of aromatic nitrogens is 1. The molecule has 1 aromatic carbocycles. The second kappa shape index (κ2) is 3.78. The van der Waals surface area contributed by atoms with Gasteiger partial charge in [-0.2, -0.15) is 0 Å². The number of rotatable bonds is 1. The Balaban J connectivity index is 2.03. The normalized spacial score (nSPS) is 20.5. The highest BCUT2D eigenvalue weighted by atomic mass is 32.1. The molecule has 0 aliphatic carbocycles. The fraction of sp³-hybridized carbons (Fsp3) is 0.333. The molecule has 2 aromatic rings. The Kier molecular flexibility index (Phi) is 2.38. The Morgan fingerprint density at radius 1 is 1.53 bits per heavy atom. The third-order valence-corrected chi connectivity index (χ3v) is 3.90. The number of thiazole rings is 1. The number of hydrogen-bond donors (Lipinski definition) is 1. The maximum atomic E-state index is 11.8. The largest absolute Gasteiger partial charge is 0.326 e. The average molecular weight is 247 g/mol. The monoisotopic (exact) mass is 247 g/mol. The summed E-state index contributed by atoms with van der Waals surface area (Å²) in [4.78, 5) is 17.9. The molecule has 17 heavy (non-hydrogen) atoms. The first-order valence-electron chi connectivity index (χ1n) is 5.56. The summed E-state index contributed by atoms with van der Waals surface area (Å²) < 4.78 is 1.15. The third kappa shape index (κ3) is 1.81. The number of hydrogen-bond acceptors (Lipinski definition) is 4.